The summed E-state index contributed by atoms with van der Waals surface area (Å²) in [5, 5.41) is 2.98. The zero-order valence-corrected chi connectivity index (χ0v) is 17.0. The van der Waals surface area contributed by atoms with Crippen molar-refractivity contribution in [2.24, 2.45) is 0 Å². The molecule has 0 spiro atoms. The first-order chi connectivity index (χ1) is 15.3. The summed E-state index contributed by atoms with van der Waals surface area (Å²) >= 11 is 0. The molecule has 0 bridgehead atoms. The highest BCUT2D eigenvalue weighted by atomic mass is 16.5. The summed E-state index contributed by atoms with van der Waals surface area (Å²) in [7, 11) is 0. The molecular formula is C25H23N3O3. The molecule has 1 fully saturated rings. The summed E-state index contributed by atoms with van der Waals surface area (Å²) in [4.78, 5) is 20.9. The van der Waals surface area contributed by atoms with Crippen molar-refractivity contribution in [3.63, 3.8) is 0 Å². The number of aromatic nitrogens is 2. The molecule has 1 aromatic heterocycles. The van der Waals surface area contributed by atoms with Gasteiger partial charge in [-0.05, 0) is 49.2 Å². The van der Waals surface area contributed by atoms with E-state index < -0.39 is 0 Å². The molecule has 0 saturated carbocycles. The van der Waals surface area contributed by atoms with Crippen LogP contribution < -0.4 is 10.1 Å². The van der Waals surface area contributed by atoms with Crippen molar-refractivity contribution in [3.8, 4) is 17.1 Å². The van der Waals surface area contributed by atoms with Crippen LogP contribution in [0.1, 0.15) is 23.2 Å². The number of para-hydroxylation sites is 3. The highest BCUT2D eigenvalue weighted by Crippen LogP contribution is 2.25. The number of rotatable bonds is 6. The maximum Gasteiger partial charge on any atom is 0.259 e. The molecule has 1 saturated heterocycles. The quantitative estimate of drug-likeness (QED) is 0.464. The Kier molecular flexibility index (Phi) is 5.37. The lowest BCUT2D eigenvalue weighted by molar-refractivity contribution is 0.0673. The van der Waals surface area contributed by atoms with Crippen LogP contribution in [0.4, 0.5) is 5.69 Å². The van der Waals surface area contributed by atoms with Gasteiger partial charge in [0.1, 0.15) is 18.2 Å². The number of carbonyl (C=O) groups is 1. The van der Waals surface area contributed by atoms with Gasteiger partial charge in [0.2, 0.25) is 0 Å². The average molecular weight is 413 g/mol. The molecule has 6 heteroatoms. The number of aromatic amines is 1. The van der Waals surface area contributed by atoms with Crippen LogP contribution in [-0.2, 0) is 4.74 Å². The van der Waals surface area contributed by atoms with Gasteiger partial charge in [0.05, 0.1) is 22.7 Å². The van der Waals surface area contributed by atoms with Crippen LogP contribution in [-0.4, -0.2) is 35.2 Å². The molecule has 0 aliphatic carbocycles. The molecule has 0 radical (unpaired) electrons. The Morgan fingerprint density at radius 2 is 1.97 bits per heavy atom. The number of fused-ring (bicyclic) bond motifs is 1. The highest BCUT2D eigenvalue weighted by molar-refractivity contribution is 6.06. The Morgan fingerprint density at radius 3 is 2.84 bits per heavy atom. The van der Waals surface area contributed by atoms with Crippen LogP contribution in [0, 0.1) is 0 Å². The molecule has 1 atom stereocenters. The Hall–Kier alpha value is -3.64. The maximum absolute atomic E-state index is 13.0. The molecule has 5 rings (SSSR count). The predicted molar refractivity (Wildman–Crippen MR) is 120 cm³/mol. The van der Waals surface area contributed by atoms with Gasteiger partial charge in [-0.15, -0.1) is 0 Å². The maximum atomic E-state index is 13.0. The van der Waals surface area contributed by atoms with E-state index in [1.165, 1.54) is 0 Å². The SMILES string of the molecule is O=C(Nc1cccc(-c2nc3ccccc3[nH]2)c1)c1ccccc1OCC1CCCO1. The van der Waals surface area contributed by atoms with E-state index in [0.29, 0.717) is 23.6 Å². The van der Waals surface area contributed by atoms with Crippen LogP contribution in [0.3, 0.4) is 0 Å². The van der Waals surface area contributed by atoms with E-state index in [9.17, 15) is 4.79 Å². The number of amides is 1. The fourth-order valence-electron chi connectivity index (χ4n) is 3.77. The van der Waals surface area contributed by atoms with Gasteiger partial charge >= 0.3 is 0 Å². The van der Waals surface area contributed by atoms with Crippen LogP contribution >= 0.6 is 0 Å². The largest absolute Gasteiger partial charge is 0.490 e. The lowest BCUT2D eigenvalue weighted by atomic mass is 10.1. The molecule has 1 aliphatic heterocycles. The molecule has 4 aromatic rings. The van der Waals surface area contributed by atoms with Gasteiger partial charge in [0, 0.05) is 17.9 Å². The third-order valence-corrected chi connectivity index (χ3v) is 5.36. The number of anilines is 1. The minimum Gasteiger partial charge on any atom is -0.490 e. The topological polar surface area (TPSA) is 76.2 Å². The Labute approximate surface area is 180 Å². The second-order valence-electron chi connectivity index (χ2n) is 7.58. The summed E-state index contributed by atoms with van der Waals surface area (Å²) in [6.07, 6.45) is 2.14. The zero-order valence-electron chi connectivity index (χ0n) is 17.0. The number of H-pyrrole nitrogens is 1. The Morgan fingerprint density at radius 1 is 1.10 bits per heavy atom. The number of benzene rings is 3. The van der Waals surface area contributed by atoms with Crippen molar-refractivity contribution < 1.29 is 14.3 Å². The summed E-state index contributed by atoms with van der Waals surface area (Å²) in [5.74, 6) is 1.10. The van der Waals surface area contributed by atoms with Gasteiger partial charge in [0.15, 0.2) is 0 Å². The van der Waals surface area contributed by atoms with Crippen molar-refractivity contribution in [2.45, 2.75) is 18.9 Å². The second-order valence-corrected chi connectivity index (χ2v) is 7.58. The van der Waals surface area contributed by atoms with Crippen molar-refractivity contribution in [1.82, 2.24) is 9.97 Å². The molecule has 156 valence electrons. The minimum atomic E-state index is -0.218. The van der Waals surface area contributed by atoms with Crippen molar-refractivity contribution >= 4 is 22.6 Å². The molecule has 3 aromatic carbocycles. The fourth-order valence-corrected chi connectivity index (χ4v) is 3.77. The minimum absolute atomic E-state index is 0.0941. The van der Waals surface area contributed by atoms with Crippen LogP contribution in [0.25, 0.3) is 22.4 Å². The zero-order chi connectivity index (χ0) is 21.0. The normalized spacial score (nSPS) is 15.8. The first-order valence-electron chi connectivity index (χ1n) is 10.5. The van der Waals surface area contributed by atoms with Crippen molar-refractivity contribution in [1.29, 1.82) is 0 Å². The predicted octanol–water partition coefficient (Wildman–Crippen LogP) is 5.04. The Balaban J connectivity index is 1.33. The van der Waals surface area contributed by atoms with Gasteiger partial charge < -0.3 is 19.8 Å². The number of hydrogen-bond acceptors (Lipinski definition) is 4. The molecule has 1 unspecified atom stereocenters. The molecule has 1 amide bonds. The van der Waals surface area contributed by atoms with Gasteiger partial charge in [-0.2, -0.15) is 0 Å². The van der Waals surface area contributed by atoms with E-state index in [1.54, 1.807) is 6.07 Å². The smallest absolute Gasteiger partial charge is 0.259 e. The van der Waals surface area contributed by atoms with E-state index >= 15 is 0 Å². The van der Waals surface area contributed by atoms with Crippen LogP contribution in [0.2, 0.25) is 0 Å². The summed E-state index contributed by atoms with van der Waals surface area (Å²) in [6, 6.07) is 22.8. The molecule has 2 N–H and O–H groups in total. The number of hydrogen-bond donors (Lipinski definition) is 2. The lowest BCUT2D eigenvalue weighted by Gasteiger charge is -2.14. The van der Waals surface area contributed by atoms with Gasteiger partial charge in [-0.1, -0.05) is 36.4 Å². The third-order valence-electron chi connectivity index (χ3n) is 5.36. The Bertz CT molecular complexity index is 1180. The van der Waals surface area contributed by atoms with E-state index in [-0.39, 0.29) is 12.0 Å². The lowest BCUT2D eigenvalue weighted by Crippen LogP contribution is -2.19. The van der Waals surface area contributed by atoms with Crippen molar-refractivity contribution in [3.05, 3.63) is 78.4 Å². The van der Waals surface area contributed by atoms with Gasteiger partial charge in [-0.3, -0.25) is 4.79 Å². The first-order valence-corrected chi connectivity index (χ1v) is 10.5. The summed E-state index contributed by atoms with van der Waals surface area (Å²) in [6.45, 7) is 1.23. The number of carbonyl (C=O) groups excluding carboxylic acids is 1. The van der Waals surface area contributed by atoms with Gasteiger partial charge in [0.25, 0.3) is 5.91 Å². The molecule has 6 nitrogen and oxygen atoms in total. The monoisotopic (exact) mass is 413 g/mol. The highest BCUT2D eigenvalue weighted by Gasteiger charge is 2.18. The van der Waals surface area contributed by atoms with E-state index in [1.807, 2.05) is 66.7 Å². The van der Waals surface area contributed by atoms with Crippen LogP contribution in [0.15, 0.2) is 72.8 Å². The van der Waals surface area contributed by atoms with Crippen molar-refractivity contribution in [2.75, 3.05) is 18.5 Å². The molecule has 1 aliphatic rings. The van der Waals surface area contributed by atoms with Gasteiger partial charge in [-0.25, -0.2) is 4.98 Å². The molecule has 31 heavy (non-hydrogen) atoms. The summed E-state index contributed by atoms with van der Waals surface area (Å²) in [5.41, 5.74) is 3.97. The van der Waals surface area contributed by atoms with E-state index in [0.717, 1.165) is 41.9 Å². The second kappa shape index (κ2) is 8.62. The number of imidazole rings is 1. The number of nitrogens with one attached hydrogen (secondary N) is 2. The van der Waals surface area contributed by atoms with E-state index in [2.05, 4.69) is 15.3 Å². The first kappa shape index (κ1) is 19.3. The third kappa shape index (κ3) is 4.29. The average Bonchev–Trinajstić information content (AvgIpc) is 3.48. The number of ether oxygens (including phenoxy) is 2. The standard InChI is InChI=1S/C25H23N3O3/c29-25(20-10-1-4-13-23(20)31-16-19-9-6-14-30-19)26-18-8-5-7-17(15-18)24-27-21-11-2-3-12-22(21)28-24/h1-5,7-8,10-13,15,19H,6,9,14,16H2,(H,26,29)(H,27,28). The number of nitrogens with zero attached hydrogens (tertiary/aromatic N) is 1. The molecule has 2 heterocycles. The summed E-state index contributed by atoms with van der Waals surface area (Å²) < 4.78 is 11.5. The molecular weight excluding hydrogens is 390 g/mol. The van der Waals surface area contributed by atoms with E-state index in [4.69, 9.17) is 9.47 Å². The van der Waals surface area contributed by atoms with Crippen LogP contribution in [0.5, 0.6) is 5.75 Å². The fraction of sp³-hybridized carbons (Fsp3) is 0.200.